The molecule has 1 fully saturated rings. The summed E-state index contributed by atoms with van der Waals surface area (Å²) in [7, 11) is 0. The van der Waals surface area contributed by atoms with Gasteiger partial charge in [0.25, 0.3) is 0 Å². The predicted molar refractivity (Wildman–Crippen MR) is 68.5 cm³/mol. The van der Waals surface area contributed by atoms with Crippen LogP contribution in [0.25, 0.3) is 0 Å². The van der Waals surface area contributed by atoms with E-state index in [-0.39, 0.29) is 24.8 Å². The standard InChI is InChI=1S/C14H18F2N2O/c15-11-5-3-10(13(16)8-11)4-6-14(19)18-7-1-2-12(17)9-18/h3,5,8,12H,1-2,4,6-7,9,17H2. The Labute approximate surface area is 111 Å². The number of hydrogen-bond donors (Lipinski definition) is 1. The number of hydrogen-bond acceptors (Lipinski definition) is 2. The van der Waals surface area contributed by atoms with E-state index in [1.165, 1.54) is 12.1 Å². The molecule has 104 valence electrons. The number of benzene rings is 1. The number of likely N-dealkylation sites (tertiary alicyclic amines) is 1. The second kappa shape index (κ2) is 6.10. The van der Waals surface area contributed by atoms with Crippen LogP contribution in [0.2, 0.25) is 0 Å². The van der Waals surface area contributed by atoms with E-state index < -0.39 is 11.6 Å². The highest BCUT2D eigenvalue weighted by Gasteiger charge is 2.21. The molecule has 0 spiro atoms. The van der Waals surface area contributed by atoms with E-state index in [0.717, 1.165) is 25.5 Å². The van der Waals surface area contributed by atoms with Gasteiger partial charge in [0, 0.05) is 31.6 Å². The minimum atomic E-state index is -0.602. The largest absolute Gasteiger partial charge is 0.341 e. The molecule has 1 heterocycles. The Kier molecular flexibility index (Phi) is 4.47. The molecule has 2 N–H and O–H groups in total. The summed E-state index contributed by atoms with van der Waals surface area (Å²) in [6.45, 7) is 1.29. The zero-order valence-electron chi connectivity index (χ0n) is 10.7. The van der Waals surface area contributed by atoms with E-state index in [1.807, 2.05) is 0 Å². The number of halogens is 2. The van der Waals surface area contributed by atoms with Crippen molar-refractivity contribution in [1.29, 1.82) is 0 Å². The Morgan fingerprint density at radius 1 is 1.42 bits per heavy atom. The Bertz CT molecular complexity index is 465. The van der Waals surface area contributed by atoms with Crippen molar-refractivity contribution in [3.05, 3.63) is 35.4 Å². The second-order valence-corrected chi connectivity index (χ2v) is 4.98. The van der Waals surface area contributed by atoms with Crippen LogP contribution in [0.1, 0.15) is 24.8 Å². The lowest BCUT2D eigenvalue weighted by molar-refractivity contribution is -0.132. The number of aryl methyl sites for hydroxylation is 1. The van der Waals surface area contributed by atoms with Gasteiger partial charge >= 0.3 is 0 Å². The van der Waals surface area contributed by atoms with Gasteiger partial charge in [-0.15, -0.1) is 0 Å². The molecule has 0 aromatic heterocycles. The van der Waals surface area contributed by atoms with Gasteiger partial charge in [0.15, 0.2) is 0 Å². The van der Waals surface area contributed by atoms with Gasteiger partial charge in [-0.3, -0.25) is 4.79 Å². The number of piperidine rings is 1. The Morgan fingerprint density at radius 3 is 2.89 bits per heavy atom. The Morgan fingerprint density at radius 2 is 2.21 bits per heavy atom. The summed E-state index contributed by atoms with van der Waals surface area (Å²) >= 11 is 0. The summed E-state index contributed by atoms with van der Waals surface area (Å²) < 4.78 is 26.2. The van der Waals surface area contributed by atoms with E-state index in [1.54, 1.807) is 4.90 Å². The lowest BCUT2D eigenvalue weighted by atomic mass is 10.0. The summed E-state index contributed by atoms with van der Waals surface area (Å²) in [6, 6.07) is 3.48. The van der Waals surface area contributed by atoms with Crippen LogP contribution in [-0.4, -0.2) is 29.9 Å². The van der Waals surface area contributed by atoms with Crippen molar-refractivity contribution >= 4 is 5.91 Å². The minimum Gasteiger partial charge on any atom is -0.341 e. The number of carbonyl (C=O) groups is 1. The van der Waals surface area contributed by atoms with Crippen molar-refractivity contribution in [2.75, 3.05) is 13.1 Å². The molecule has 1 aromatic carbocycles. The molecule has 0 radical (unpaired) electrons. The highest BCUT2D eigenvalue weighted by Crippen LogP contribution is 2.14. The number of nitrogens with zero attached hydrogens (tertiary/aromatic N) is 1. The summed E-state index contributed by atoms with van der Waals surface area (Å²) in [6.07, 6.45) is 2.38. The topological polar surface area (TPSA) is 46.3 Å². The van der Waals surface area contributed by atoms with Crippen molar-refractivity contribution in [3.63, 3.8) is 0 Å². The van der Waals surface area contributed by atoms with Crippen LogP contribution in [0.5, 0.6) is 0 Å². The average Bonchev–Trinajstić information content (AvgIpc) is 2.37. The fraction of sp³-hybridized carbons (Fsp3) is 0.500. The lowest BCUT2D eigenvalue weighted by Crippen LogP contribution is -2.45. The molecule has 1 aliphatic rings. The highest BCUT2D eigenvalue weighted by atomic mass is 19.1. The normalized spacial score (nSPS) is 19.5. The number of rotatable bonds is 3. The van der Waals surface area contributed by atoms with Crippen molar-refractivity contribution in [1.82, 2.24) is 4.90 Å². The van der Waals surface area contributed by atoms with Gasteiger partial charge in [-0.1, -0.05) is 6.07 Å². The van der Waals surface area contributed by atoms with Gasteiger partial charge in [-0.25, -0.2) is 8.78 Å². The second-order valence-electron chi connectivity index (χ2n) is 4.98. The van der Waals surface area contributed by atoms with E-state index in [4.69, 9.17) is 5.73 Å². The molecule has 0 aliphatic carbocycles. The molecule has 5 heteroatoms. The first-order valence-corrected chi connectivity index (χ1v) is 6.53. The van der Waals surface area contributed by atoms with E-state index >= 15 is 0 Å². The number of carbonyl (C=O) groups excluding carboxylic acids is 1. The van der Waals surface area contributed by atoms with Crippen LogP contribution >= 0.6 is 0 Å². The van der Waals surface area contributed by atoms with Gasteiger partial charge in [0.1, 0.15) is 11.6 Å². The fourth-order valence-corrected chi connectivity index (χ4v) is 2.36. The average molecular weight is 268 g/mol. The molecule has 1 aliphatic heterocycles. The minimum absolute atomic E-state index is 0.0149. The van der Waals surface area contributed by atoms with Gasteiger partial charge in [-0.2, -0.15) is 0 Å². The van der Waals surface area contributed by atoms with Crippen molar-refractivity contribution in [2.24, 2.45) is 5.73 Å². The molecular formula is C14H18F2N2O. The maximum atomic E-state index is 13.4. The molecule has 1 atom stereocenters. The fourth-order valence-electron chi connectivity index (χ4n) is 2.36. The van der Waals surface area contributed by atoms with Gasteiger partial charge < -0.3 is 10.6 Å². The third-order valence-electron chi connectivity index (χ3n) is 3.43. The molecule has 0 saturated carbocycles. The number of nitrogens with two attached hydrogens (primary N) is 1. The molecule has 1 saturated heterocycles. The third kappa shape index (κ3) is 3.73. The smallest absolute Gasteiger partial charge is 0.222 e. The SMILES string of the molecule is NC1CCCN(C(=O)CCc2ccc(F)cc2F)C1. The van der Waals surface area contributed by atoms with Gasteiger partial charge in [0.05, 0.1) is 0 Å². The van der Waals surface area contributed by atoms with E-state index in [2.05, 4.69) is 0 Å². The maximum absolute atomic E-state index is 13.4. The van der Waals surface area contributed by atoms with Crippen LogP contribution in [-0.2, 0) is 11.2 Å². The summed E-state index contributed by atoms with van der Waals surface area (Å²) in [4.78, 5) is 13.7. The van der Waals surface area contributed by atoms with E-state index in [9.17, 15) is 13.6 Å². The van der Waals surface area contributed by atoms with Crippen LogP contribution in [0.15, 0.2) is 18.2 Å². The molecule has 0 bridgehead atoms. The van der Waals surface area contributed by atoms with E-state index in [0.29, 0.717) is 12.1 Å². The summed E-state index contributed by atoms with van der Waals surface area (Å²) in [5.41, 5.74) is 6.19. The van der Waals surface area contributed by atoms with Crippen molar-refractivity contribution in [3.8, 4) is 0 Å². The maximum Gasteiger partial charge on any atom is 0.222 e. The Hall–Kier alpha value is -1.49. The molecule has 3 nitrogen and oxygen atoms in total. The molecule has 2 rings (SSSR count). The first kappa shape index (κ1) is 13.9. The zero-order valence-corrected chi connectivity index (χ0v) is 10.7. The van der Waals surface area contributed by atoms with Crippen LogP contribution in [0, 0.1) is 11.6 Å². The van der Waals surface area contributed by atoms with Gasteiger partial charge in [0.2, 0.25) is 5.91 Å². The zero-order chi connectivity index (χ0) is 13.8. The molecular weight excluding hydrogens is 250 g/mol. The quantitative estimate of drug-likeness (QED) is 0.909. The highest BCUT2D eigenvalue weighted by molar-refractivity contribution is 5.76. The van der Waals surface area contributed by atoms with Crippen molar-refractivity contribution < 1.29 is 13.6 Å². The number of amides is 1. The first-order valence-electron chi connectivity index (χ1n) is 6.53. The molecule has 1 unspecified atom stereocenters. The lowest BCUT2D eigenvalue weighted by Gasteiger charge is -2.30. The Balaban J connectivity index is 1.89. The first-order chi connectivity index (χ1) is 9.06. The van der Waals surface area contributed by atoms with Crippen molar-refractivity contribution in [2.45, 2.75) is 31.7 Å². The third-order valence-corrected chi connectivity index (χ3v) is 3.43. The summed E-state index contributed by atoms with van der Waals surface area (Å²) in [5.74, 6) is -1.21. The van der Waals surface area contributed by atoms with Crippen LogP contribution < -0.4 is 5.73 Å². The molecule has 1 amide bonds. The predicted octanol–water partition coefficient (Wildman–Crippen LogP) is 1.85. The molecule has 19 heavy (non-hydrogen) atoms. The van der Waals surface area contributed by atoms with Crippen LogP contribution in [0.3, 0.4) is 0 Å². The molecule has 1 aromatic rings. The van der Waals surface area contributed by atoms with Gasteiger partial charge in [-0.05, 0) is 30.9 Å². The van der Waals surface area contributed by atoms with Crippen LogP contribution in [0.4, 0.5) is 8.78 Å². The monoisotopic (exact) mass is 268 g/mol. The summed E-state index contributed by atoms with van der Waals surface area (Å²) in [5, 5.41) is 0.